The fraction of sp³-hybridized carbons (Fsp3) is 0.458. The van der Waals surface area contributed by atoms with E-state index in [0.717, 1.165) is 43.5 Å². The number of carbonyl (C=O) groups is 1. The van der Waals surface area contributed by atoms with Crippen molar-refractivity contribution in [2.24, 2.45) is 5.92 Å². The van der Waals surface area contributed by atoms with Crippen LogP contribution in [0.1, 0.15) is 37.7 Å². The van der Waals surface area contributed by atoms with Gasteiger partial charge in [-0.1, -0.05) is 30.2 Å². The summed E-state index contributed by atoms with van der Waals surface area (Å²) >= 11 is 5.96. The zero-order valence-corrected chi connectivity index (χ0v) is 19.1. The Morgan fingerprint density at radius 2 is 1.71 bits per heavy atom. The summed E-state index contributed by atoms with van der Waals surface area (Å²) in [6.07, 6.45) is 6.51. The summed E-state index contributed by atoms with van der Waals surface area (Å²) in [5.74, 6) is 1.99. The van der Waals surface area contributed by atoms with Crippen LogP contribution in [-0.4, -0.2) is 33.4 Å². The van der Waals surface area contributed by atoms with E-state index in [1.54, 1.807) is 33.5 Å². The van der Waals surface area contributed by atoms with Crippen molar-refractivity contribution in [3.05, 3.63) is 47.0 Å². The van der Waals surface area contributed by atoms with Gasteiger partial charge in [-0.15, -0.1) is 0 Å². The minimum Gasteiger partial charge on any atom is -0.493 e. The average molecular weight is 447 g/mol. The van der Waals surface area contributed by atoms with Crippen LogP contribution in [0.3, 0.4) is 0 Å². The van der Waals surface area contributed by atoms with E-state index in [4.69, 9.17) is 25.8 Å². The van der Waals surface area contributed by atoms with Crippen molar-refractivity contribution >= 4 is 23.3 Å². The molecule has 0 spiro atoms. The Bertz CT molecular complexity index is 847. The third-order valence-corrected chi connectivity index (χ3v) is 6.10. The highest BCUT2D eigenvalue weighted by Crippen LogP contribution is 2.40. The number of hydrogen-bond donors (Lipinski definition) is 2. The van der Waals surface area contributed by atoms with Gasteiger partial charge in [0.05, 0.1) is 27.0 Å². The smallest absolute Gasteiger partial charge is 0.319 e. The lowest BCUT2D eigenvalue weighted by Gasteiger charge is -2.22. The van der Waals surface area contributed by atoms with Gasteiger partial charge < -0.3 is 24.8 Å². The topological polar surface area (TPSA) is 68.8 Å². The first kappa shape index (κ1) is 23.1. The molecule has 0 heterocycles. The molecule has 31 heavy (non-hydrogen) atoms. The fourth-order valence-corrected chi connectivity index (χ4v) is 4.41. The minimum absolute atomic E-state index is 0.187. The molecule has 2 unspecified atom stereocenters. The van der Waals surface area contributed by atoms with Gasteiger partial charge in [-0.2, -0.15) is 0 Å². The highest BCUT2D eigenvalue weighted by molar-refractivity contribution is 6.30. The number of benzene rings is 2. The molecule has 0 aliphatic heterocycles. The molecule has 0 radical (unpaired) electrons. The SMILES string of the molecule is COc1cc(NC(=O)NC2CCCC2CCCc2ccc(Cl)cc2)cc(OC)c1OC. The zero-order chi connectivity index (χ0) is 22.2. The van der Waals surface area contributed by atoms with Crippen LogP contribution in [0, 0.1) is 5.92 Å². The number of carbonyl (C=O) groups excluding carboxylic acids is 1. The van der Waals surface area contributed by atoms with Gasteiger partial charge in [0.25, 0.3) is 0 Å². The molecule has 0 bridgehead atoms. The van der Waals surface area contributed by atoms with Crippen LogP contribution in [0.25, 0.3) is 0 Å². The van der Waals surface area contributed by atoms with Crippen LogP contribution >= 0.6 is 11.6 Å². The van der Waals surface area contributed by atoms with E-state index in [-0.39, 0.29) is 12.1 Å². The number of halogens is 1. The number of ether oxygens (including phenoxy) is 3. The second-order valence-electron chi connectivity index (χ2n) is 7.83. The lowest BCUT2D eigenvalue weighted by atomic mass is 9.95. The van der Waals surface area contributed by atoms with Crippen molar-refractivity contribution in [3.8, 4) is 17.2 Å². The Morgan fingerprint density at radius 1 is 1.03 bits per heavy atom. The fourth-order valence-electron chi connectivity index (χ4n) is 4.28. The molecular formula is C24H31ClN2O4. The molecular weight excluding hydrogens is 416 g/mol. The van der Waals surface area contributed by atoms with Gasteiger partial charge in [-0.05, 0) is 55.7 Å². The summed E-state index contributed by atoms with van der Waals surface area (Å²) < 4.78 is 16.0. The van der Waals surface area contributed by atoms with Crippen molar-refractivity contribution in [1.29, 1.82) is 0 Å². The maximum Gasteiger partial charge on any atom is 0.319 e. The first-order valence-corrected chi connectivity index (χ1v) is 11.0. The third-order valence-electron chi connectivity index (χ3n) is 5.85. The number of nitrogens with one attached hydrogen (secondary N) is 2. The highest BCUT2D eigenvalue weighted by Gasteiger charge is 2.28. The number of aryl methyl sites for hydroxylation is 1. The summed E-state index contributed by atoms with van der Waals surface area (Å²) in [4.78, 5) is 12.6. The van der Waals surface area contributed by atoms with Crippen LogP contribution in [0.5, 0.6) is 17.2 Å². The van der Waals surface area contributed by atoms with Crippen molar-refractivity contribution in [2.75, 3.05) is 26.6 Å². The van der Waals surface area contributed by atoms with Crippen LogP contribution in [0.2, 0.25) is 5.02 Å². The third kappa shape index (κ3) is 6.20. The first-order valence-electron chi connectivity index (χ1n) is 10.7. The Labute approximate surface area is 189 Å². The Hall–Kier alpha value is -2.60. The molecule has 1 fully saturated rings. The second-order valence-corrected chi connectivity index (χ2v) is 8.27. The molecule has 2 aromatic rings. The van der Waals surface area contributed by atoms with Crippen LogP contribution in [-0.2, 0) is 6.42 Å². The average Bonchev–Trinajstić information content (AvgIpc) is 3.20. The maximum absolute atomic E-state index is 12.6. The molecule has 1 aliphatic carbocycles. The summed E-state index contributed by atoms with van der Waals surface area (Å²) in [7, 11) is 4.65. The predicted octanol–water partition coefficient (Wildman–Crippen LogP) is 5.68. The molecule has 1 saturated carbocycles. The van der Waals surface area contributed by atoms with Gasteiger partial charge in [0.1, 0.15) is 0 Å². The van der Waals surface area contributed by atoms with Crippen molar-refractivity contribution in [1.82, 2.24) is 5.32 Å². The first-order chi connectivity index (χ1) is 15.0. The van der Waals surface area contributed by atoms with E-state index in [2.05, 4.69) is 22.8 Å². The van der Waals surface area contributed by atoms with Gasteiger partial charge in [-0.3, -0.25) is 0 Å². The molecule has 2 N–H and O–H groups in total. The number of amides is 2. The van der Waals surface area contributed by atoms with Crippen molar-refractivity contribution in [3.63, 3.8) is 0 Å². The minimum atomic E-state index is -0.219. The quantitative estimate of drug-likeness (QED) is 0.520. The van der Waals surface area contributed by atoms with Gasteiger partial charge >= 0.3 is 6.03 Å². The molecule has 2 aromatic carbocycles. The van der Waals surface area contributed by atoms with E-state index in [0.29, 0.717) is 28.9 Å². The summed E-state index contributed by atoms with van der Waals surface area (Å²) in [5, 5.41) is 6.82. The van der Waals surface area contributed by atoms with Crippen LogP contribution < -0.4 is 24.8 Å². The van der Waals surface area contributed by atoms with Gasteiger partial charge in [0, 0.05) is 23.2 Å². The van der Waals surface area contributed by atoms with E-state index < -0.39 is 0 Å². The number of urea groups is 1. The normalized spacial score (nSPS) is 17.8. The van der Waals surface area contributed by atoms with E-state index in [1.807, 2.05) is 12.1 Å². The van der Waals surface area contributed by atoms with Crippen LogP contribution in [0.4, 0.5) is 10.5 Å². The van der Waals surface area contributed by atoms with E-state index in [1.165, 1.54) is 5.56 Å². The predicted molar refractivity (Wildman–Crippen MR) is 124 cm³/mol. The molecule has 2 amide bonds. The number of hydrogen-bond acceptors (Lipinski definition) is 4. The van der Waals surface area contributed by atoms with Crippen molar-refractivity contribution < 1.29 is 19.0 Å². The standard InChI is InChI=1S/C24H31ClN2O4/c1-29-21-14-19(15-22(30-2)23(21)31-3)26-24(28)27-20-9-5-8-17(20)7-4-6-16-10-12-18(25)13-11-16/h10-15,17,20H,4-9H2,1-3H3,(H2,26,27,28). The summed E-state index contributed by atoms with van der Waals surface area (Å²) in [6, 6.07) is 11.4. The largest absolute Gasteiger partial charge is 0.493 e. The summed E-state index contributed by atoms with van der Waals surface area (Å²) in [5.41, 5.74) is 1.89. The van der Waals surface area contributed by atoms with Gasteiger partial charge in [0.2, 0.25) is 5.75 Å². The number of methoxy groups -OCH3 is 3. The number of anilines is 1. The Balaban J connectivity index is 1.54. The molecule has 6 nitrogen and oxygen atoms in total. The molecule has 0 aromatic heterocycles. The second kappa shape index (κ2) is 11.1. The zero-order valence-electron chi connectivity index (χ0n) is 18.4. The maximum atomic E-state index is 12.6. The lowest BCUT2D eigenvalue weighted by molar-refractivity contribution is 0.244. The lowest BCUT2D eigenvalue weighted by Crippen LogP contribution is -2.40. The monoisotopic (exact) mass is 446 g/mol. The molecule has 2 atom stereocenters. The Kier molecular flexibility index (Phi) is 8.29. The van der Waals surface area contributed by atoms with Gasteiger partial charge in [-0.25, -0.2) is 4.79 Å². The van der Waals surface area contributed by atoms with E-state index >= 15 is 0 Å². The summed E-state index contributed by atoms with van der Waals surface area (Å²) in [6.45, 7) is 0. The molecule has 168 valence electrons. The Morgan fingerprint density at radius 3 is 2.32 bits per heavy atom. The molecule has 7 heteroatoms. The van der Waals surface area contributed by atoms with Crippen LogP contribution in [0.15, 0.2) is 36.4 Å². The molecule has 0 saturated heterocycles. The molecule has 3 rings (SSSR count). The van der Waals surface area contributed by atoms with Crippen molar-refractivity contribution in [2.45, 2.75) is 44.6 Å². The molecule has 1 aliphatic rings. The number of rotatable bonds is 9. The van der Waals surface area contributed by atoms with E-state index in [9.17, 15) is 4.79 Å². The highest BCUT2D eigenvalue weighted by atomic mass is 35.5. The van der Waals surface area contributed by atoms with Gasteiger partial charge in [0.15, 0.2) is 11.5 Å².